The highest BCUT2D eigenvalue weighted by atomic mass is 35.5. The number of anilines is 1. The number of sulfonamides is 1. The Bertz CT molecular complexity index is 1040. The maximum atomic E-state index is 13.4. The molecule has 1 aliphatic heterocycles. The third-order valence-corrected chi connectivity index (χ3v) is 8.63. The van der Waals surface area contributed by atoms with Crippen molar-refractivity contribution in [2.75, 3.05) is 36.8 Å². The number of nitrogens with zero attached hydrogens (tertiary/aromatic N) is 2. The predicted octanol–water partition coefficient (Wildman–Crippen LogP) is 4.78. The maximum Gasteiger partial charge on any atom is 0.333 e. The van der Waals surface area contributed by atoms with Gasteiger partial charge in [-0.05, 0) is 48.9 Å². The van der Waals surface area contributed by atoms with Crippen LogP contribution in [0.5, 0.6) is 0 Å². The molecule has 0 N–H and O–H groups in total. The van der Waals surface area contributed by atoms with E-state index in [1.165, 1.54) is 53.5 Å². The topological polar surface area (TPSA) is 66.9 Å². The minimum absolute atomic E-state index is 0.0945. The van der Waals surface area contributed by atoms with Crippen molar-refractivity contribution in [3.63, 3.8) is 0 Å². The van der Waals surface area contributed by atoms with Gasteiger partial charge >= 0.3 is 5.97 Å². The van der Waals surface area contributed by atoms with E-state index in [0.29, 0.717) is 28.7 Å². The first-order chi connectivity index (χ1) is 14.7. The van der Waals surface area contributed by atoms with Crippen molar-refractivity contribution in [2.45, 2.75) is 16.7 Å². The fourth-order valence-electron chi connectivity index (χ4n) is 3.25. The zero-order valence-electron chi connectivity index (χ0n) is 16.6. The van der Waals surface area contributed by atoms with E-state index >= 15 is 0 Å². The first-order valence-corrected chi connectivity index (χ1v) is 13.0. The minimum Gasteiger partial charge on any atom is -0.467 e. The monoisotopic (exact) mass is 522 g/mol. The molecule has 1 aliphatic rings. The molecule has 1 unspecified atom stereocenters. The van der Waals surface area contributed by atoms with Crippen LogP contribution in [0.3, 0.4) is 0 Å². The van der Waals surface area contributed by atoms with Gasteiger partial charge in [-0.3, -0.25) is 9.21 Å². The van der Waals surface area contributed by atoms with Gasteiger partial charge in [0.1, 0.15) is 0 Å². The summed E-state index contributed by atoms with van der Waals surface area (Å²) in [5.74, 6) is 0.512. The minimum atomic E-state index is -3.92. The van der Waals surface area contributed by atoms with Gasteiger partial charge in [0, 0.05) is 35.4 Å². The van der Waals surface area contributed by atoms with Crippen LogP contribution in [0.1, 0.15) is 6.42 Å². The van der Waals surface area contributed by atoms with Gasteiger partial charge in [0.05, 0.1) is 22.7 Å². The smallest absolute Gasteiger partial charge is 0.333 e. The van der Waals surface area contributed by atoms with Crippen LogP contribution in [-0.4, -0.2) is 57.2 Å². The molecule has 1 saturated heterocycles. The lowest BCUT2D eigenvalue weighted by Crippen LogP contribution is -2.38. The highest BCUT2D eigenvalue weighted by Gasteiger charge is 2.33. The number of halogens is 3. The molecule has 3 rings (SSSR count). The molecule has 0 aromatic heterocycles. The number of carbonyl (C=O) groups excluding carboxylic acids is 1. The summed E-state index contributed by atoms with van der Waals surface area (Å²) in [5.41, 5.74) is 0.296. The number of esters is 1. The van der Waals surface area contributed by atoms with Crippen molar-refractivity contribution in [1.29, 1.82) is 0 Å². The summed E-state index contributed by atoms with van der Waals surface area (Å²) in [7, 11) is -2.56. The highest BCUT2D eigenvalue weighted by Crippen LogP contribution is 2.34. The second-order valence-electron chi connectivity index (χ2n) is 6.76. The first kappa shape index (κ1) is 24.5. The van der Waals surface area contributed by atoms with Gasteiger partial charge in [0.15, 0.2) is 5.37 Å². The molecular weight excluding hydrogens is 503 g/mol. The molecular formula is C20H21Cl3N2O4S2. The molecule has 0 spiro atoms. The average molecular weight is 524 g/mol. The van der Waals surface area contributed by atoms with Crippen LogP contribution in [0.15, 0.2) is 47.4 Å². The van der Waals surface area contributed by atoms with Gasteiger partial charge in [-0.1, -0.05) is 34.8 Å². The van der Waals surface area contributed by atoms with E-state index in [4.69, 9.17) is 39.5 Å². The van der Waals surface area contributed by atoms with Gasteiger partial charge in [-0.25, -0.2) is 13.2 Å². The third kappa shape index (κ3) is 5.80. The Kier molecular flexibility index (Phi) is 8.40. The van der Waals surface area contributed by atoms with Crippen molar-refractivity contribution < 1.29 is 17.9 Å². The lowest BCUT2D eigenvalue weighted by Gasteiger charge is -2.27. The molecule has 6 nitrogen and oxygen atoms in total. The number of carbonyl (C=O) groups is 1. The average Bonchev–Trinajstić information content (AvgIpc) is 3.21. The van der Waals surface area contributed by atoms with E-state index in [1.54, 1.807) is 12.1 Å². The second-order valence-corrected chi connectivity index (χ2v) is 11.1. The van der Waals surface area contributed by atoms with Gasteiger partial charge in [-0.15, -0.1) is 11.8 Å². The van der Waals surface area contributed by atoms with Crippen molar-refractivity contribution >= 4 is 68.2 Å². The van der Waals surface area contributed by atoms with Crippen LogP contribution in [0.25, 0.3) is 0 Å². The predicted molar refractivity (Wildman–Crippen MR) is 127 cm³/mol. The molecule has 2 aromatic rings. The highest BCUT2D eigenvalue weighted by molar-refractivity contribution is 8.00. The molecule has 31 heavy (non-hydrogen) atoms. The van der Waals surface area contributed by atoms with Gasteiger partial charge in [0.2, 0.25) is 0 Å². The molecule has 0 bridgehead atoms. The number of hydrogen-bond donors (Lipinski definition) is 0. The third-order valence-electron chi connectivity index (χ3n) is 4.77. The molecule has 1 heterocycles. The summed E-state index contributed by atoms with van der Waals surface area (Å²) >= 11 is 19.9. The molecule has 0 amide bonds. The summed E-state index contributed by atoms with van der Waals surface area (Å²) in [6, 6.07) is 10.6. The summed E-state index contributed by atoms with van der Waals surface area (Å²) in [6.07, 6.45) is 0.476. The Morgan fingerprint density at radius 2 is 1.84 bits per heavy atom. The zero-order valence-corrected chi connectivity index (χ0v) is 20.5. The number of rotatable bonds is 8. The van der Waals surface area contributed by atoms with E-state index < -0.39 is 10.0 Å². The molecule has 168 valence electrons. The molecule has 0 saturated carbocycles. The van der Waals surface area contributed by atoms with Gasteiger partial charge in [-0.2, -0.15) is 0 Å². The number of hydrogen-bond acceptors (Lipinski definition) is 6. The normalized spacial score (nSPS) is 17.0. The van der Waals surface area contributed by atoms with Crippen molar-refractivity contribution in [3.05, 3.63) is 57.5 Å². The van der Waals surface area contributed by atoms with Crippen LogP contribution >= 0.6 is 46.6 Å². The first-order valence-electron chi connectivity index (χ1n) is 9.41. The van der Waals surface area contributed by atoms with E-state index in [9.17, 15) is 13.2 Å². The maximum absolute atomic E-state index is 13.4. The summed E-state index contributed by atoms with van der Waals surface area (Å²) in [5, 5.41) is 0.705. The van der Waals surface area contributed by atoms with Gasteiger partial charge < -0.3 is 4.74 Å². The van der Waals surface area contributed by atoms with Crippen molar-refractivity contribution in [1.82, 2.24) is 4.90 Å². The molecule has 0 aliphatic carbocycles. The summed E-state index contributed by atoms with van der Waals surface area (Å²) < 4.78 is 33.0. The lowest BCUT2D eigenvalue weighted by molar-refractivity contribution is -0.143. The van der Waals surface area contributed by atoms with E-state index in [0.717, 1.165) is 12.3 Å². The van der Waals surface area contributed by atoms with Crippen LogP contribution < -0.4 is 4.31 Å². The molecule has 1 atom stereocenters. The molecule has 0 radical (unpaired) electrons. The van der Waals surface area contributed by atoms with E-state index in [1.807, 2.05) is 4.90 Å². The van der Waals surface area contributed by atoms with Crippen LogP contribution in [0.4, 0.5) is 5.69 Å². The number of ether oxygens (including phenoxy) is 1. The van der Waals surface area contributed by atoms with Crippen molar-refractivity contribution in [3.8, 4) is 0 Å². The van der Waals surface area contributed by atoms with Gasteiger partial charge in [0.25, 0.3) is 10.0 Å². The summed E-state index contributed by atoms with van der Waals surface area (Å²) in [6.45, 7) is 1.41. The van der Waals surface area contributed by atoms with Crippen LogP contribution in [0.2, 0.25) is 15.1 Å². The lowest BCUT2D eigenvalue weighted by atomic mass is 10.3. The fraction of sp³-hybridized carbons (Fsp3) is 0.350. The fourth-order valence-corrected chi connectivity index (χ4v) is 6.54. The zero-order chi connectivity index (χ0) is 22.6. The van der Waals surface area contributed by atoms with E-state index in [-0.39, 0.29) is 27.8 Å². The number of benzene rings is 2. The van der Waals surface area contributed by atoms with Crippen LogP contribution in [-0.2, 0) is 19.6 Å². The Hall–Kier alpha value is -1.16. The standard InChI is InChI=1S/C20H21Cl3N2O4S2/c1-29-20(26)19-24(11-12-30-19)9-2-10-25(18-13-15(22)5-8-17(18)23)31(27,28)16-6-3-14(21)4-7-16/h3-8,13,19H,2,9-12H2,1H3. The number of thioether (sulfide) groups is 1. The largest absolute Gasteiger partial charge is 0.467 e. The number of methoxy groups -OCH3 is 1. The molecule has 2 aromatic carbocycles. The SMILES string of the molecule is COC(=O)C1SCCN1CCCN(c1cc(Cl)ccc1Cl)S(=O)(=O)c1ccc(Cl)cc1. The Morgan fingerprint density at radius 1 is 1.16 bits per heavy atom. The van der Waals surface area contributed by atoms with Crippen molar-refractivity contribution in [2.24, 2.45) is 0 Å². The Balaban J connectivity index is 1.85. The second kappa shape index (κ2) is 10.6. The van der Waals surface area contributed by atoms with Crippen LogP contribution in [0, 0.1) is 0 Å². The Morgan fingerprint density at radius 3 is 2.52 bits per heavy atom. The molecule has 11 heteroatoms. The Labute approximate surface area is 201 Å². The quantitative estimate of drug-likeness (QED) is 0.464. The molecule has 1 fully saturated rings. The summed E-state index contributed by atoms with van der Waals surface area (Å²) in [4.78, 5) is 14.0. The van der Waals surface area contributed by atoms with E-state index in [2.05, 4.69) is 0 Å².